The van der Waals surface area contributed by atoms with E-state index in [1.165, 1.54) is 11.1 Å². The van der Waals surface area contributed by atoms with Crippen LogP contribution in [0.4, 0.5) is 0 Å². The van der Waals surface area contributed by atoms with Gasteiger partial charge >= 0.3 is 0 Å². The number of fused-ring (bicyclic) bond motifs is 1. The van der Waals surface area contributed by atoms with Gasteiger partial charge in [-0.25, -0.2) is 4.98 Å². The number of pyridine rings is 2. The lowest BCUT2D eigenvalue weighted by Crippen LogP contribution is -2.21. The van der Waals surface area contributed by atoms with Crippen LogP contribution in [0.2, 0.25) is 10.0 Å². The Kier molecular flexibility index (Phi) is 4.79. The summed E-state index contributed by atoms with van der Waals surface area (Å²) in [6.45, 7) is 0. The predicted octanol–water partition coefficient (Wildman–Crippen LogP) is 5.30. The average Bonchev–Trinajstić information content (AvgIpc) is 3.13. The lowest BCUT2D eigenvalue weighted by Gasteiger charge is -2.12. The average molecular weight is 411 g/mol. The van der Waals surface area contributed by atoms with Crippen LogP contribution in [0.1, 0.15) is 10.4 Å². The zero-order chi connectivity index (χ0) is 19.8. The molecule has 0 unspecified atom stereocenters. The summed E-state index contributed by atoms with van der Waals surface area (Å²) in [4.78, 5) is 25.6. The minimum atomic E-state index is -0.127. The first kappa shape index (κ1) is 18.5. The molecule has 7 heteroatoms. The Morgan fingerprint density at radius 3 is 2.57 bits per heavy atom. The first-order chi connectivity index (χ1) is 13.5. The second-order valence-electron chi connectivity index (χ2n) is 6.55. The van der Waals surface area contributed by atoms with Crippen molar-refractivity contribution in [3.8, 4) is 22.3 Å². The molecule has 0 saturated carbocycles. The molecule has 1 aromatic carbocycles. The molecule has 0 saturated heterocycles. The smallest absolute Gasteiger partial charge is 0.254 e. The van der Waals surface area contributed by atoms with Gasteiger partial charge in [-0.15, -0.1) is 0 Å². The molecule has 4 aromatic rings. The van der Waals surface area contributed by atoms with E-state index in [4.69, 9.17) is 23.2 Å². The topological polar surface area (TPSA) is 61.9 Å². The number of H-pyrrole nitrogens is 1. The minimum Gasteiger partial charge on any atom is -0.345 e. The monoisotopic (exact) mass is 410 g/mol. The highest BCUT2D eigenvalue weighted by Crippen LogP contribution is 2.40. The van der Waals surface area contributed by atoms with Crippen molar-refractivity contribution < 1.29 is 4.79 Å². The van der Waals surface area contributed by atoms with Gasteiger partial charge in [0.05, 0.1) is 10.6 Å². The summed E-state index contributed by atoms with van der Waals surface area (Å²) in [7, 11) is 3.40. The Labute approximate surface area is 171 Å². The normalized spacial score (nSPS) is 11.0. The predicted molar refractivity (Wildman–Crippen MR) is 113 cm³/mol. The van der Waals surface area contributed by atoms with E-state index in [0.29, 0.717) is 26.8 Å². The van der Waals surface area contributed by atoms with Crippen LogP contribution >= 0.6 is 23.2 Å². The third-order valence-electron chi connectivity index (χ3n) is 4.50. The minimum absolute atomic E-state index is 0.127. The molecule has 0 aliphatic rings. The molecular formula is C21H16Cl2N4O. The molecule has 0 bridgehead atoms. The van der Waals surface area contributed by atoms with Crippen molar-refractivity contribution >= 4 is 40.1 Å². The summed E-state index contributed by atoms with van der Waals surface area (Å²) in [6, 6.07) is 9.34. The molecule has 3 aromatic heterocycles. The van der Waals surface area contributed by atoms with E-state index in [0.717, 1.165) is 22.1 Å². The Morgan fingerprint density at radius 2 is 1.82 bits per heavy atom. The van der Waals surface area contributed by atoms with Gasteiger partial charge in [-0.3, -0.25) is 9.78 Å². The molecule has 28 heavy (non-hydrogen) atoms. The number of aromatic nitrogens is 3. The van der Waals surface area contributed by atoms with Gasteiger partial charge in [-0.2, -0.15) is 0 Å². The zero-order valence-electron chi connectivity index (χ0n) is 15.2. The third-order valence-corrected chi connectivity index (χ3v) is 5.23. The van der Waals surface area contributed by atoms with E-state index in [2.05, 4.69) is 15.0 Å². The number of hydrogen-bond donors (Lipinski definition) is 1. The molecule has 1 amide bonds. The number of nitrogens with zero attached hydrogens (tertiary/aromatic N) is 3. The summed E-state index contributed by atoms with van der Waals surface area (Å²) in [6.07, 6.45) is 6.73. The van der Waals surface area contributed by atoms with E-state index in [1.54, 1.807) is 32.6 Å². The summed E-state index contributed by atoms with van der Waals surface area (Å²) >= 11 is 13.2. The Bertz CT molecular complexity index is 1200. The fraction of sp³-hybridized carbons (Fsp3) is 0.0952. The number of rotatable bonds is 3. The molecule has 4 rings (SSSR count). The molecule has 1 N–H and O–H groups in total. The van der Waals surface area contributed by atoms with Crippen LogP contribution in [-0.2, 0) is 0 Å². The molecule has 0 spiro atoms. The van der Waals surface area contributed by atoms with Crippen LogP contribution in [-0.4, -0.2) is 39.9 Å². The Hall–Kier alpha value is -2.89. The molecule has 0 atom stereocenters. The van der Waals surface area contributed by atoms with Crippen molar-refractivity contribution in [2.45, 2.75) is 0 Å². The van der Waals surface area contributed by atoms with Crippen LogP contribution in [0.3, 0.4) is 0 Å². The maximum absolute atomic E-state index is 12.3. The van der Waals surface area contributed by atoms with E-state index in [9.17, 15) is 4.79 Å². The fourth-order valence-electron chi connectivity index (χ4n) is 3.11. The van der Waals surface area contributed by atoms with Gasteiger partial charge in [0.15, 0.2) is 0 Å². The molecule has 0 aliphatic carbocycles. The number of benzene rings is 1. The van der Waals surface area contributed by atoms with Crippen molar-refractivity contribution in [1.82, 2.24) is 19.9 Å². The fourth-order valence-corrected chi connectivity index (χ4v) is 3.70. The zero-order valence-corrected chi connectivity index (χ0v) is 16.7. The highest BCUT2D eigenvalue weighted by molar-refractivity contribution is 6.40. The quantitative estimate of drug-likeness (QED) is 0.498. The summed E-state index contributed by atoms with van der Waals surface area (Å²) in [5.74, 6) is -0.127. The van der Waals surface area contributed by atoms with Gasteiger partial charge in [0.2, 0.25) is 0 Å². The van der Waals surface area contributed by atoms with E-state index in [1.807, 2.05) is 30.5 Å². The number of halogens is 2. The van der Waals surface area contributed by atoms with Gasteiger partial charge in [0, 0.05) is 71.5 Å². The second kappa shape index (κ2) is 7.26. The second-order valence-corrected chi connectivity index (χ2v) is 7.34. The molecular weight excluding hydrogens is 395 g/mol. The van der Waals surface area contributed by atoms with Crippen molar-refractivity contribution in [3.63, 3.8) is 0 Å². The number of nitrogens with one attached hydrogen (secondary N) is 1. The van der Waals surface area contributed by atoms with E-state index in [-0.39, 0.29) is 5.91 Å². The highest BCUT2D eigenvalue weighted by atomic mass is 35.5. The maximum atomic E-state index is 12.3. The Morgan fingerprint density at radius 1 is 1.04 bits per heavy atom. The van der Waals surface area contributed by atoms with Gasteiger partial charge < -0.3 is 9.88 Å². The van der Waals surface area contributed by atoms with Gasteiger partial charge in [0.1, 0.15) is 5.65 Å². The van der Waals surface area contributed by atoms with Crippen LogP contribution in [0.5, 0.6) is 0 Å². The van der Waals surface area contributed by atoms with Crippen LogP contribution in [0.15, 0.2) is 55.1 Å². The van der Waals surface area contributed by atoms with Crippen LogP contribution in [0.25, 0.3) is 33.3 Å². The molecule has 0 fully saturated rings. The lowest BCUT2D eigenvalue weighted by molar-refractivity contribution is 0.0827. The summed E-state index contributed by atoms with van der Waals surface area (Å²) in [5.41, 5.74) is 4.30. The largest absolute Gasteiger partial charge is 0.345 e. The first-order valence-corrected chi connectivity index (χ1v) is 9.30. The molecule has 0 radical (unpaired) electrons. The van der Waals surface area contributed by atoms with E-state index < -0.39 is 0 Å². The van der Waals surface area contributed by atoms with Gasteiger partial charge in [-0.05, 0) is 12.1 Å². The van der Waals surface area contributed by atoms with Crippen molar-refractivity contribution in [2.24, 2.45) is 0 Å². The number of carbonyl (C=O) groups excluding carboxylic acids is 1. The van der Waals surface area contributed by atoms with Crippen LogP contribution < -0.4 is 0 Å². The summed E-state index contributed by atoms with van der Waals surface area (Å²) in [5, 5.41) is 1.93. The van der Waals surface area contributed by atoms with Gasteiger partial charge in [-0.1, -0.05) is 41.4 Å². The van der Waals surface area contributed by atoms with Crippen molar-refractivity contribution in [3.05, 3.63) is 70.7 Å². The molecule has 140 valence electrons. The summed E-state index contributed by atoms with van der Waals surface area (Å²) < 4.78 is 0. The van der Waals surface area contributed by atoms with Crippen molar-refractivity contribution in [2.75, 3.05) is 14.1 Å². The standard InChI is InChI=1S/C21H16Cl2N4O/c1-27(2)21(28)13-7-12(8-24-9-13)15-10-25-20-18(19(15)23)16(11-26-20)14-5-3-4-6-17(14)22/h3-11H,1-2H3,(H,25,26). The van der Waals surface area contributed by atoms with E-state index >= 15 is 0 Å². The SMILES string of the molecule is CN(C)C(=O)c1cncc(-c2cnc3[nH]cc(-c4ccccc4Cl)c3c2Cl)c1. The number of carbonyl (C=O) groups is 1. The number of hydrogen-bond acceptors (Lipinski definition) is 3. The van der Waals surface area contributed by atoms with Gasteiger partial charge in [0.25, 0.3) is 5.91 Å². The Balaban J connectivity index is 1.90. The highest BCUT2D eigenvalue weighted by Gasteiger charge is 2.18. The third kappa shape index (κ3) is 3.13. The molecule has 0 aliphatic heterocycles. The molecule has 5 nitrogen and oxygen atoms in total. The lowest BCUT2D eigenvalue weighted by atomic mass is 10.0. The first-order valence-electron chi connectivity index (χ1n) is 8.55. The van der Waals surface area contributed by atoms with Crippen LogP contribution in [0, 0.1) is 0 Å². The number of amides is 1. The maximum Gasteiger partial charge on any atom is 0.254 e. The molecule has 3 heterocycles. The van der Waals surface area contributed by atoms with Crippen molar-refractivity contribution in [1.29, 1.82) is 0 Å². The number of aromatic amines is 1.